The quantitative estimate of drug-likeness (QED) is 0.435. The number of nitriles is 1. The maximum absolute atomic E-state index is 14.6. The molecular formula is C26H20FN3. The van der Waals surface area contributed by atoms with Gasteiger partial charge in [0.1, 0.15) is 5.82 Å². The third-order valence-corrected chi connectivity index (χ3v) is 5.91. The lowest BCUT2D eigenvalue weighted by molar-refractivity contribution is 0.601. The Labute approximate surface area is 174 Å². The number of nitrogens with zero attached hydrogens (tertiary/aromatic N) is 3. The minimum atomic E-state index is -0.307. The summed E-state index contributed by atoms with van der Waals surface area (Å²) in [4.78, 5) is 4.58. The molecule has 2 aromatic heterocycles. The Morgan fingerprint density at radius 2 is 2.07 bits per heavy atom. The number of pyridine rings is 1. The van der Waals surface area contributed by atoms with Gasteiger partial charge < -0.3 is 4.57 Å². The van der Waals surface area contributed by atoms with Gasteiger partial charge in [0.15, 0.2) is 0 Å². The van der Waals surface area contributed by atoms with Crippen LogP contribution in [0.2, 0.25) is 0 Å². The summed E-state index contributed by atoms with van der Waals surface area (Å²) in [6.07, 6.45) is 3.42. The summed E-state index contributed by atoms with van der Waals surface area (Å²) in [5.74, 6) is -0.307. The Morgan fingerprint density at radius 1 is 1.20 bits per heavy atom. The summed E-state index contributed by atoms with van der Waals surface area (Å²) in [7, 11) is 0. The van der Waals surface area contributed by atoms with Crippen LogP contribution in [0.5, 0.6) is 0 Å². The number of fused-ring (bicyclic) bond motifs is 5. The first kappa shape index (κ1) is 18.3. The molecule has 4 heteroatoms. The van der Waals surface area contributed by atoms with Crippen molar-refractivity contribution in [2.45, 2.75) is 26.3 Å². The zero-order valence-corrected chi connectivity index (χ0v) is 16.7. The van der Waals surface area contributed by atoms with Crippen LogP contribution in [0.25, 0.3) is 27.6 Å². The molecule has 0 saturated heterocycles. The van der Waals surface area contributed by atoms with Crippen LogP contribution in [0.15, 0.2) is 61.3 Å². The Balaban J connectivity index is 1.82. The molecule has 0 atom stereocenters. The molecule has 3 nitrogen and oxygen atoms in total. The van der Waals surface area contributed by atoms with Crippen molar-refractivity contribution in [1.82, 2.24) is 9.55 Å². The fourth-order valence-electron chi connectivity index (χ4n) is 4.45. The van der Waals surface area contributed by atoms with Gasteiger partial charge in [-0.1, -0.05) is 25.6 Å². The molecule has 0 fully saturated rings. The molecule has 0 spiro atoms. The fraction of sp³-hybridized carbons (Fsp3) is 0.154. The summed E-state index contributed by atoms with van der Waals surface area (Å²) in [6.45, 7) is 6.82. The lowest BCUT2D eigenvalue weighted by Gasteiger charge is -2.21. The van der Waals surface area contributed by atoms with E-state index in [0.29, 0.717) is 24.1 Å². The molecule has 0 bridgehead atoms. The van der Waals surface area contributed by atoms with Crippen LogP contribution in [0, 0.1) is 17.1 Å². The van der Waals surface area contributed by atoms with Gasteiger partial charge in [-0.05, 0) is 54.0 Å². The molecule has 0 amide bonds. The summed E-state index contributed by atoms with van der Waals surface area (Å²) in [5.41, 5.74) is 8.51. The van der Waals surface area contributed by atoms with Gasteiger partial charge in [-0.25, -0.2) is 4.39 Å². The second kappa shape index (κ2) is 6.96. The van der Waals surface area contributed by atoms with Crippen LogP contribution in [-0.4, -0.2) is 9.55 Å². The van der Waals surface area contributed by atoms with Gasteiger partial charge in [0.25, 0.3) is 0 Å². The molecule has 4 aromatic rings. The minimum absolute atomic E-state index is 0.307. The number of rotatable bonds is 3. The maximum atomic E-state index is 14.6. The summed E-state index contributed by atoms with van der Waals surface area (Å²) < 4.78 is 16.8. The highest BCUT2D eigenvalue weighted by atomic mass is 19.1. The zero-order valence-electron chi connectivity index (χ0n) is 16.7. The van der Waals surface area contributed by atoms with Crippen molar-refractivity contribution in [2.24, 2.45) is 0 Å². The predicted molar refractivity (Wildman–Crippen MR) is 118 cm³/mol. The molecule has 0 radical (unpaired) electrons. The molecule has 146 valence electrons. The van der Waals surface area contributed by atoms with Gasteiger partial charge in [-0.15, -0.1) is 0 Å². The standard InChI is InChI=1S/C26H20FN3/c1-3-17-7-9-24-21(13-17)25-20-5-4-10-29-23(20)11-16(2)26(25)30(24)15-19-12-18(14-28)6-8-22(19)27/h4-10,12-13H,2-3,11,15H2,1H3. The SMILES string of the molecule is C=C1Cc2ncccc2-c2c1n(Cc1cc(C#N)ccc1F)c1ccc(CC)cc21. The van der Waals surface area contributed by atoms with Gasteiger partial charge in [-0.3, -0.25) is 4.98 Å². The number of hydrogen-bond acceptors (Lipinski definition) is 2. The van der Waals surface area contributed by atoms with Crippen LogP contribution < -0.4 is 0 Å². The summed E-state index contributed by atoms with van der Waals surface area (Å²) in [5, 5.41) is 10.4. The second-order valence-corrected chi connectivity index (χ2v) is 7.71. The number of halogens is 1. The number of aromatic nitrogens is 2. The predicted octanol–water partition coefficient (Wildman–Crippen LogP) is 5.89. The molecule has 2 heterocycles. The zero-order chi connectivity index (χ0) is 20.8. The Morgan fingerprint density at radius 3 is 2.87 bits per heavy atom. The largest absolute Gasteiger partial charge is 0.336 e. The molecule has 5 rings (SSSR count). The third-order valence-electron chi connectivity index (χ3n) is 5.91. The summed E-state index contributed by atoms with van der Waals surface area (Å²) in [6, 6.07) is 17.1. The topological polar surface area (TPSA) is 41.6 Å². The van der Waals surface area contributed by atoms with E-state index in [1.807, 2.05) is 12.3 Å². The van der Waals surface area contributed by atoms with E-state index in [-0.39, 0.29) is 5.82 Å². The van der Waals surface area contributed by atoms with Crippen LogP contribution in [-0.2, 0) is 19.4 Å². The first-order chi connectivity index (χ1) is 14.6. The van der Waals surface area contributed by atoms with Gasteiger partial charge in [0, 0.05) is 40.2 Å². The van der Waals surface area contributed by atoms with Crippen molar-refractivity contribution in [3.63, 3.8) is 0 Å². The molecule has 2 aromatic carbocycles. The minimum Gasteiger partial charge on any atom is -0.336 e. The first-order valence-corrected chi connectivity index (χ1v) is 10.1. The van der Waals surface area contributed by atoms with Gasteiger partial charge in [0.05, 0.1) is 29.6 Å². The molecule has 1 aliphatic carbocycles. The highest BCUT2D eigenvalue weighted by Crippen LogP contribution is 2.44. The van der Waals surface area contributed by atoms with Gasteiger partial charge in [0.2, 0.25) is 0 Å². The fourth-order valence-corrected chi connectivity index (χ4v) is 4.45. The molecule has 0 saturated carbocycles. The van der Waals surface area contributed by atoms with Gasteiger partial charge in [-0.2, -0.15) is 5.26 Å². The van der Waals surface area contributed by atoms with Crippen LogP contribution in [0.4, 0.5) is 4.39 Å². The number of hydrogen-bond donors (Lipinski definition) is 0. The van der Waals surface area contributed by atoms with Gasteiger partial charge >= 0.3 is 0 Å². The van der Waals surface area contributed by atoms with Crippen molar-refractivity contribution in [2.75, 3.05) is 0 Å². The van der Waals surface area contributed by atoms with E-state index in [9.17, 15) is 9.65 Å². The summed E-state index contributed by atoms with van der Waals surface area (Å²) >= 11 is 0. The highest BCUT2D eigenvalue weighted by molar-refractivity contribution is 6.05. The average Bonchev–Trinajstić information content (AvgIpc) is 3.09. The normalized spacial score (nSPS) is 12.5. The molecule has 30 heavy (non-hydrogen) atoms. The van der Waals surface area contributed by atoms with Crippen molar-refractivity contribution < 1.29 is 4.39 Å². The monoisotopic (exact) mass is 393 g/mol. The third kappa shape index (κ3) is 2.74. The Hall–Kier alpha value is -3.71. The Bertz CT molecular complexity index is 1370. The highest BCUT2D eigenvalue weighted by Gasteiger charge is 2.27. The molecule has 0 unspecified atom stereocenters. The number of benzene rings is 2. The van der Waals surface area contributed by atoms with Crippen molar-refractivity contribution in [1.29, 1.82) is 5.26 Å². The molecule has 0 N–H and O–H groups in total. The van der Waals surface area contributed by atoms with E-state index >= 15 is 0 Å². The van der Waals surface area contributed by atoms with Crippen LogP contribution >= 0.6 is 0 Å². The van der Waals surface area contributed by atoms with Crippen molar-refractivity contribution in [3.8, 4) is 17.2 Å². The van der Waals surface area contributed by atoms with E-state index in [2.05, 4.69) is 53.4 Å². The first-order valence-electron chi connectivity index (χ1n) is 10.1. The molecule has 1 aliphatic rings. The Kier molecular flexibility index (Phi) is 4.25. The van der Waals surface area contributed by atoms with E-state index < -0.39 is 0 Å². The van der Waals surface area contributed by atoms with E-state index in [1.54, 1.807) is 6.07 Å². The molecular weight excluding hydrogens is 373 g/mol. The number of allylic oxidation sites excluding steroid dienone is 1. The van der Waals surface area contributed by atoms with Crippen LogP contribution in [0.1, 0.15) is 35.0 Å². The van der Waals surface area contributed by atoms with E-state index in [1.165, 1.54) is 17.7 Å². The van der Waals surface area contributed by atoms with E-state index in [0.717, 1.165) is 45.4 Å². The second-order valence-electron chi connectivity index (χ2n) is 7.71. The lowest BCUT2D eigenvalue weighted by Crippen LogP contribution is -2.10. The van der Waals surface area contributed by atoms with Crippen molar-refractivity contribution in [3.05, 3.63) is 95.2 Å². The van der Waals surface area contributed by atoms with Crippen molar-refractivity contribution >= 4 is 16.5 Å². The molecule has 0 aliphatic heterocycles. The smallest absolute Gasteiger partial charge is 0.128 e. The average molecular weight is 393 g/mol. The maximum Gasteiger partial charge on any atom is 0.128 e. The lowest BCUT2D eigenvalue weighted by atomic mass is 9.88. The van der Waals surface area contributed by atoms with E-state index in [4.69, 9.17) is 0 Å². The van der Waals surface area contributed by atoms with Crippen LogP contribution in [0.3, 0.4) is 0 Å². The number of aryl methyl sites for hydroxylation is 1.